The Hall–Kier alpha value is -2.88. The molecule has 0 radical (unpaired) electrons. The monoisotopic (exact) mass is 540 g/mol. The molecule has 7 nitrogen and oxygen atoms in total. The Morgan fingerprint density at radius 3 is 2.85 bits per heavy atom. The predicted molar refractivity (Wildman–Crippen MR) is 134 cm³/mol. The van der Waals surface area contributed by atoms with Gasteiger partial charge in [-0.2, -0.15) is 10.1 Å². The van der Waals surface area contributed by atoms with Crippen molar-refractivity contribution in [3.63, 3.8) is 0 Å². The first-order chi connectivity index (χ1) is 16.0. The topological polar surface area (TPSA) is 77.8 Å². The number of fused-ring (bicyclic) bond motifs is 3. The van der Waals surface area contributed by atoms with Crippen LogP contribution in [0.3, 0.4) is 0 Å². The number of nitrogens with one attached hydrogen (secondary N) is 1. The van der Waals surface area contributed by atoms with Crippen LogP contribution < -0.4 is 10.1 Å². The van der Waals surface area contributed by atoms with E-state index >= 15 is 0 Å². The smallest absolute Gasteiger partial charge is 0.247 e. The normalized spacial score (nSPS) is 14.5. The fraction of sp³-hybridized carbons (Fsp3) is 0.130. The highest BCUT2D eigenvalue weighted by atomic mass is 79.9. The van der Waals surface area contributed by atoms with E-state index < -0.39 is 6.23 Å². The molecule has 0 saturated carbocycles. The van der Waals surface area contributed by atoms with Gasteiger partial charge >= 0.3 is 0 Å². The summed E-state index contributed by atoms with van der Waals surface area (Å²) in [6.07, 6.45) is 1.16. The molecular weight excluding hydrogens is 524 g/mol. The Morgan fingerprint density at radius 2 is 2.06 bits per heavy atom. The van der Waals surface area contributed by atoms with Gasteiger partial charge in [-0.15, -0.1) is 16.8 Å². The van der Waals surface area contributed by atoms with Crippen molar-refractivity contribution in [2.45, 2.75) is 18.3 Å². The van der Waals surface area contributed by atoms with Crippen LogP contribution in [-0.2, 0) is 0 Å². The van der Waals surface area contributed by atoms with Gasteiger partial charge in [0.15, 0.2) is 5.69 Å². The first-order valence-corrected chi connectivity index (χ1v) is 12.2. The molecule has 33 heavy (non-hydrogen) atoms. The van der Waals surface area contributed by atoms with Crippen molar-refractivity contribution in [1.82, 2.24) is 25.0 Å². The van der Waals surface area contributed by atoms with Crippen LogP contribution in [0, 0.1) is 6.92 Å². The zero-order valence-electron chi connectivity index (χ0n) is 17.5. The quantitative estimate of drug-likeness (QED) is 0.237. The molecule has 0 aliphatic carbocycles. The first-order valence-electron chi connectivity index (χ1n) is 10.1. The number of benzene rings is 2. The summed E-state index contributed by atoms with van der Waals surface area (Å²) < 4.78 is 8.99. The number of thioether (sulfide) groups is 1. The zero-order chi connectivity index (χ0) is 22.9. The summed E-state index contributed by atoms with van der Waals surface area (Å²) in [4.78, 5) is 4.63. The fourth-order valence-electron chi connectivity index (χ4n) is 3.54. The molecule has 2 aromatic carbocycles. The van der Waals surface area contributed by atoms with Crippen molar-refractivity contribution >= 4 is 45.0 Å². The number of hydrogen-bond acceptors (Lipinski definition) is 7. The first kappa shape index (κ1) is 21.9. The largest absolute Gasteiger partial charge is 0.447 e. The summed E-state index contributed by atoms with van der Waals surface area (Å²) in [5, 5.41) is 17.8. The van der Waals surface area contributed by atoms with E-state index in [9.17, 15) is 0 Å². The molecular formula is C23H18BrClN6OS. The van der Waals surface area contributed by atoms with Gasteiger partial charge in [-0.1, -0.05) is 63.6 Å². The second-order valence-corrected chi connectivity index (χ2v) is 9.48. The molecule has 0 amide bonds. The highest BCUT2D eigenvalue weighted by Crippen LogP contribution is 2.42. The molecule has 0 fully saturated rings. The van der Waals surface area contributed by atoms with E-state index in [4.69, 9.17) is 16.3 Å². The van der Waals surface area contributed by atoms with Crippen LogP contribution in [0.25, 0.3) is 16.9 Å². The van der Waals surface area contributed by atoms with E-state index in [1.54, 1.807) is 10.8 Å². The van der Waals surface area contributed by atoms with E-state index in [1.165, 1.54) is 11.8 Å². The minimum atomic E-state index is -0.634. The van der Waals surface area contributed by atoms with E-state index in [-0.39, 0.29) is 0 Å². The molecule has 1 atom stereocenters. The van der Waals surface area contributed by atoms with Crippen molar-refractivity contribution in [3.05, 3.63) is 82.1 Å². The molecule has 0 bridgehead atoms. The number of aromatic nitrogens is 5. The van der Waals surface area contributed by atoms with Crippen molar-refractivity contribution in [1.29, 1.82) is 0 Å². The Balaban J connectivity index is 1.63. The summed E-state index contributed by atoms with van der Waals surface area (Å²) in [5.74, 6) is 1.04. The van der Waals surface area contributed by atoms with Gasteiger partial charge in [0.2, 0.25) is 17.3 Å². The number of para-hydroxylation sites is 1. The van der Waals surface area contributed by atoms with Crippen LogP contribution in [0.1, 0.15) is 17.5 Å². The summed E-state index contributed by atoms with van der Waals surface area (Å²) in [5.41, 5.74) is 4.53. The molecule has 3 heterocycles. The lowest BCUT2D eigenvalue weighted by Gasteiger charge is -2.19. The van der Waals surface area contributed by atoms with Gasteiger partial charge in [0.25, 0.3) is 0 Å². The molecule has 1 aliphatic rings. The van der Waals surface area contributed by atoms with Crippen LogP contribution in [0.2, 0.25) is 5.15 Å². The van der Waals surface area contributed by atoms with Crippen LogP contribution in [0.5, 0.6) is 5.88 Å². The third-order valence-electron chi connectivity index (χ3n) is 5.03. The lowest BCUT2D eigenvalue weighted by Crippen LogP contribution is -2.18. The molecule has 2 aromatic heterocycles. The second-order valence-electron chi connectivity index (χ2n) is 7.22. The van der Waals surface area contributed by atoms with Crippen molar-refractivity contribution in [3.8, 4) is 22.8 Å². The summed E-state index contributed by atoms with van der Waals surface area (Å²) in [6.45, 7) is 5.66. The Kier molecular flexibility index (Phi) is 6.09. The molecule has 166 valence electrons. The Bertz CT molecular complexity index is 1350. The molecule has 1 N–H and O–H groups in total. The Morgan fingerprint density at radius 1 is 1.24 bits per heavy atom. The molecule has 0 spiro atoms. The van der Waals surface area contributed by atoms with Gasteiger partial charge in [0.05, 0.1) is 16.9 Å². The minimum Gasteiger partial charge on any atom is -0.447 e. The highest BCUT2D eigenvalue weighted by molar-refractivity contribution is 9.10. The third-order valence-corrected chi connectivity index (χ3v) is 6.72. The molecule has 1 aliphatic heterocycles. The maximum absolute atomic E-state index is 6.84. The van der Waals surface area contributed by atoms with Crippen LogP contribution in [-0.4, -0.2) is 30.7 Å². The van der Waals surface area contributed by atoms with Crippen LogP contribution in [0.15, 0.2) is 70.8 Å². The van der Waals surface area contributed by atoms with Crippen molar-refractivity contribution < 1.29 is 4.74 Å². The highest BCUT2D eigenvalue weighted by Gasteiger charge is 2.31. The van der Waals surface area contributed by atoms with E-state index in [0.29, 0.717) is 27.6 Å². The molecule has 0 saturated heterocycles. The average Bonchev–Trinajstić information content (AvgIpc) is 3.03. The second kappa shape index (κ2) is 9.17. The van der Waals surface area contributed by atoms with Gasteiger partial charge in [-0.25, -0.2) is 4.68 Å². The summed E-state index contributed by atoms with van der Waals surface area (Å²) in [6, 6.07) is 15.6. The Labute approximate surface area is 208 Å². The SMILES string of the molecule is C=CCSc1nnc2c(n1)O[C@H](c1c(C)nn(-c3ccccc3)c1Cl)Nc1ccc(Br)cc1-2. The van der Waals surface area contributed by atoms with Gasteiger partial charge in [0, 0.05) is 21.5 Å². The number of rotatable bonds is 5. The minimum absolute atomic E-state index is 0.369. The molecule has 5 rings (SSSR count). The van der Waals surface area contributed by atoms with E-state index in [2.05, 4.69) is 48.1 Å². The van der Waals surface area contributed by atoms with E-state index in [0.717, 1.165) is 32.7 Å². The number of anilines is 1. The fourth-order valence-corrected chi connectivity index (χ4v) is 4.79. The lowest BCUT2D eigenvalue weighted by atomic mass is 10.1. The number of aryl methyl sites for hydroxylation is 1. The standard InChI is InChI=1S/C23H18BrClN6OS/c1-3-11-33-23-27-22-19(28-29-23)16-12-14(24)9-10-17(16)26-21(32-22)18-13(2)30-31(20(18)25)15-7-5-4-6-8-15/h3-10,12,21,26H,1,11H2,2H3/t21-/m1/s1. The van der Waals surface area contributed by atoms with E-state index in [1.807, 2.05) is 55.5 Å². The van der Waals surface area contributed by atoms with Gasteiger partial charge in [-0.05, 0) is 37.3 Å². The third kappa shape index (κ3) is 4.23. The van der Waals surface area contributed by atoms with Gasteiger partial charge in [-0.3, -0.25) is 0 Å². The molecule has 4 aromatic rings. The number of ether oxygens (including phenoxy) is 1. The maximum atomic E-state index is 6.84. The van der Waals surface area contributed by atoms with Crippen molar-refractivity contribution in [2.75, 3.05) is 11.1 Å². The van der Waals surface area contributed by atoms with Gasteiger partial charge in [0.1, 0.15) is 5.15 Å². The van der Waals surface area contributed by atoms with Crippen molar-refractivity contribution in [2.24, 2.45) is 0 Å². The molecule has 0 unspecified atom stereocenters. The van der Waals surface area contributed by atoms with Crippen LogP contribution in [0.4, 0.5) is 5.69 Å². The average molecular weight is 542 g/mol. The number of hydrogen-bond donors (Lipinski definition) is 1. The zero-order valence-corrected chi connectivity index (χ0v) is 20.7. The number of halogens is 2. The molecule has 10 heteroatoms. The maximum Gasteiger partial charge on any atom is 0.247 e. The summed E-state index contributed by atoms with van der Waals surface area (Å²) in [7, 11) is 0. The number of nitrogens with zero attached hydrogens (tertiary/aromatic N) is 5. The van der Waals surface area contributed by atoms with Crippen LogP contribution >= 0.6 is 39.3 Å². The predicted octanol–water partition coefficient (Wildman–Crippen LogP) is 6.23. The summed E-state index contributed by atoms with van der Waals surface area (Å²) >= 11 is 11.8. The van der Waals surface area contributed by atoms with Gasteiger partial charge < -0.3 is 10.1 Å². The lowest BCUT2D eigenvalue weighted by molar-refractivity contribution is 0.224.